The SMILES string of the molecule is N[C@@H]1C[C@H]1NC(=O)c1cccnc1N1CCOCC1. The molecule has 1 amide bonds. The van der Waals surface area contributed by atoms with Crippen LogP contribution in [0.25, 0.3) is 0 Å². The van der Waals surface area contributed by atoms with Crippen LogP contribution in [-0.4, -0.2) is 49.3 Å². The summed E-state index contributed by atoms with van der Waals surface area (Å²) in [4.78, 5) is 18.7. The van der Waals surface area contributed by atoms with Crippen LogP contribution in [0.2, 0.25) is 0 Å². The average molecular weight is 262 g/mol. The Bertz CT molecular complexity index is 473. The predicted molar refractivity (Wildman–Crippen MR) is 71.1 cm³/mol. The van der Waals surface area contributed by atoms with E-state index in [9.17, 15) is 4.79 Å². The van der Waals surface area contributed by atoms with Crippen molar-refractivity contribution in [3.8, 4) is 0 Å². The van der Waals surface area contributed by atoms with Gasteiger partial charge in [0.15, 0.2) is 0 Å². The molecule has 0 spiro atoms. The van der Waals surface area contributed by atoms with Crippen LogP contribution < -0.4 is 16.0 Å². The zero-order valence-corrected chi connectivity index (χ0v) is 10.7. The van der Waals surface area contributed by atoms with E-state index in [1.165, 1.54) is 0 Å². The molecule has 0 radical (unpaired) electrons. The molecule has 0 unspecified atom stereocenters. The molecule has 6 nitrogen and oxygen atoms in total. The molecule has 3 N–H and O–H groups in total. The fourth-order valence-electron chi connectivity index (χ4n) is 2.23. The van der Waals surface area contributed by atoms with E-state index in [4.69, 9.17) is 10.5 Å². The largest absolute Gasteiger partial charge is 0.378 e. The Morgan fingerprint density at radius 1 is 1.47 bits per heavy atom. The number of hydrogen-bond acceptors (Lipinski definition) is 5. The lowest BCUT2D eigenvalue weighted by Crippen LogP contribution is -2.39. The molecule has 1 saturated heterocycles. The van der Waals surface area contributed by atoms with E-state index in [0.717, 1.165) is 25.3 Å². The Hall–Kier alpha value is -1.66. The molecular weight excluding hydrogens is 244 g/mol. The molecule has 2 aliphatic rings. The van der Waals surface area contributed by atoms with Gasteiger partial charge in [-0.15, -0.1) is 0 Å². The monoisotopic (exact) mass is 262 g/mol. The summed E-state index contributed by atoms with van der Waals surface area (Å²) in [6.07, 6.45) is 2.57. The maximum atomic E-state index is 12.2. The van der Waals surface area contributed by atoms with E-state index in [1.807, 2.05) is 0 Å². The Morgan fingerprint density at radius 2 is 2.21 bits per heavy atom. The fraction of sp³-hybridized carbons (Fsp3) is 0.538. The van der Waals surface area contributed by atoms with E-state index >= 15 is 0 Å². The summed E-state index contributed by atoms with van der Waals surface area (Å²) >= 11 is 0. The molecule has 1 aromatic rings. The van der Waals surface area contributed by atoms with Crippen molar-refractivity contribution in [2.75, 3.05) is 31.2 Å². The van der Waals surface area contributed by atoms with Crippen LogP contribution in [0.4, 0.5) is 5.82 Å². The highest BCUT2D eigenvalue weighted by atomic mass is 16.5. The summed E-state index contributed by atoms with van der Waals surface area (Å²) in [6, 6.07) is 3.81. The van der Waals surface area contributed by atoms with Gasteiger partial charge in [0.05, 0.1) is 18.8 Å². The predicted octanol–water partition coefficient (Wildman–Crippen LogP) is -0.252. The number of pyridine rings is 1. The molecule has 19 heavy (non-hydrogen) atoms. The molecular formula is C13H18N4O2. The van der Waals surface area contributed by atoms with Crippen molar-refractivity contribution >= 4 is 11.7 Å². The molecule has 1 aromatic heterocycles. The Morgan fingerprint density at radius 3 is 2.89 bits per heavy atom. The second kappa shape index (κ2) is 5.14. The third-order valence-electron chi connectivity index (χ3n) is 3.50. The van der Waals surface area contributed by atoms with Gasteiger partial charge in [0, 0.05) is 31.4 Å². The first-order valence-electron chi connectivity index (χ1n) is 6.60. The first-order valence-corrected chi connectivity index (χ1v) is 6.60. The summed E-state index contributed by atoms with van der Waals surface area (Å²) in [5, 5.41) is 2.94. The molecule has 0 aromatic carbocycles. The van der Waals surface area contributed by atoms with Gasteiger partial charge in [0.2, 0.25) is 0 Å². The van der Waals surface area contributed by atoms with Gasteiger partial charge in [-0.3, -0.25) is 4.79 Å². The van der Waals surface area contributed by atoms with Crippen LogP contribution in [0, 0.1) is 0 Å². The second-order valence-corrected chi connectivity index (χ2v) is 4.95. The van der Waals surface area contributed by atoms with E-state index in [-0.39, 0.29) is 18.0 Å². The average Bonchev–Trinajstić information content (AvgIpc) is 3.15. The van der Waals surface area contributed by atoms with Gasteiger partial charge in [-0.2, -0.15) is 0 Å². The molecule has 2 heterocycles. The lowest BCUT2D eigenvalue weighted by molar-refractivity contribution is 0.0948. The normalized spacial score (nSPS) is 26.1. The maximum Gasteiger partial charge on any atom is 0.255 e. The van der Waals surface area contributed by atoms with E-state index < -0.39 is 0 Å². The molecule has 2 fully saturated rings. The maximum absolute atomic E-state index is 12.2. The number of nitrogens with zero attached hydrogens (tertiary/aromatic N) is 2. The van der Waals surface area contributed by atoms with E-state index in [2.05, 4.69) is 15.2 Å². The number of aromatic nitrogens is 1. The van der Waals surface area contributed by atoms with Crippen LogP contribution in [0.3, 0.4) is 0 Å². The number of hydrogen-bond donors (Lipinski definition) is 2. The second-order valence-electron chi connectivity index (χ2n) is 4.95. The van der Waals surface area contributed by atoms with Crippen LogP contribution in [0.5, 0.6) is 0 Å². The van der Waals surface area contributed by atoms with Gasteiger partial charge < -0.3 is 20.7 Å². The lowest BCUT2D eigenvalue weighted by atomic mass is 10.2. The molecule has 3 rings (SSSR count). The Balaban J connectivity index is 1.77. The van der Waals surface area contributed by atoms with Crippen LogP contribution in [0.15, 0.2) is 18.3 Å². The van der Waals surface area contributed by atoms with Crippen molar-refractivity contribution in [3.63, 3.8) is 0 Å². The van der Waals surface area contributed by atoms with Crippen molar-refractivity contribution in [2.45, 2.75) is 18.5 Å². The number of amides is 1. The third kappa shape index (κ3) is 2.69. The van der Waals surface area contributed by atoms with E-state index in [1.54, 1.807) is 18.3 Å². The highest BCUT2D eigenvalue weighted by Gasteiger charge is 2.35. The number of morpholine rings is 1. The molecule has 2 atom stereocenters. The topological polar surface area (TPSA) is 80.5 Å². The van der Waals surface area contributed by atoms with Crippen molar-refractivity contribution in [1.82, 2.24) is 10.3 Å². The summed E-state index contributed by atoms with van der Waals surface area (Å²) in [7, 11) is 0. The fourth-order valence-corrected chi connectivity index (χ4v) is 2.23. The van der Waals surface area contributed by atoms with Crippen LogP contribution in [0.1, 0.15) is 16.8 Å². The zero-order chi connectivity index (χ0) is 13.2. The number of carbonyl (C=O) groups is 1. The molecule has 0 bridgehead atoms. The highest BCUT2D eigenvalue weighted by molar-refractivity contribution is 5.99. The number of carbonyl (C=O) groups excluding carboxylic acids is 1. The van der Waals surface area contributed by atoms with Crippen molar-refractivity contribution in [1.29, 1.82) is 0 Å². The minimum Gasteiger partial charge on any atom is -0.378 e. The molecule has 1 saturated carbocycles. The summed E-state index contributed by atoms with van der Waals surface area (Å²) in [5.41, 5.74) is 6.33. The lowest BCUT2D eigenvalue weighted by Gasteiger charge is -2.29. The first-order chi connectivity index (χ1) is 9.25. The number of nitrogens with one attached hydrogen (secondary N) is 1. The highest BCUT2D eigenvalue weighted by Crippen LogP contribution is 2.22. The van der Waals surface area contributed by atoms with E-state index in [0.29, 0.717) is 18.8 Å². The summed E-state index contributed by atoms with van der Waals surface area (Å²) < 4.78 is 5.32. The third-order valence-corrected chi connectivity index (χ3v) is 3.50. The minimum atomic E-state index is -0.0902. The number of anilines is 1. The standard InChI is InChI=1S/C13H18N4O2/c14-10-8-11(10)16-13(18)9-2-1-3-15-12(9)17-4-6-19-7-5-17/h1-3,10-11H,4-8,14H2,(H,16,18)/t10-,11-/m1/s1. The van der Waals surface area contributed by atoms with Gasteiger partial charge >= 0.3 is 0 Å². The minimum absolute atomic E-state index is 0.0902. The van der Waals surface area contributed by atoms with Gasteiger partial charge in [-0.05, 0) is 18.6 Å². The first kappa shape index (κ1) is 12.4. The van der Waals surface area contributed by atoms with Gasteiger partial charge in [-0.1, -0.05) is 0 Å². The smallest absolute Gasteiger partial charge is 0.255 e. The van der Waals surface area contributed by atoms with Crippen molar-refractivity contribution in [3.05, 3.63) is 23.9 Å². The quantitative estimate of drug-likeness (QED) is 0.785. The van der Waals surface area contributed by atoms with Crippen LogP contribution in [-0.2, 0) is 4.74 Å². The Labute approximate surface area is 111 Å². The molecule has 102 valence electrons. The van der Waals surface area contributed by atoms with Gasteiger partial charge in [0.25, 0.3) is 5.91 Å². The molecule has 1 aliphatic carbocycles. The molecule has 1 aliphatic heterocycles. The number of rotatable bonds is 3. The van der Waals surface area contributed by atoms with Crippen LogP contribution >= 0.6 is 0 Å². The number of ether oxygens (including phenoxy) is 1. The van der Waals surface area contributed by atoms with Crippen molar-refractivity contribution < 1.29 is 9.53 Å². The van der Waals surface area contributed by atoms with Gasteiger partial charge in [0.1, 0.15) is 5.82 Å². The number of nitrogens with two attached hydrogens (primary N) is 1. The zero-order valence-electron chi connectivity index (χ0n) is 10.7. The summed E-state index contributed by atoms with van der Waals surface area (Å²) in [6.45, 7) is 2.87. The summed E-state index contributed by atoms with van der Waals surface area (Å²) in [5.74, 6) is 0.644. The van der Waals surface area contributed by atoms with Gasteiger partial charge in [-0.25, -0.2) is 4.98 Å². The Kier molecular flexibility index (Phi) is 3.35. The molecule has 6 heteroatoms. The van der Waals surface area contributed by atoms with Crippen molar-refractivity contribution in [2.24, 2.45) is 5.73 Å².